The maximum absolute atomic E-state index is 10.9. The van der Waals surface area contributed by atoms with Gasteiger partial charge in [0.15, 0.2) is 6.10 Å². The van der Waals surface area contributed by atoms with Gasteiger partial charge in [0.05, 0.1) is 6.61 Å². The van der Waals surface area contributed by atoms with Crippen molar-refractivity contribution in [1.82, 2.24) is 0 Å². The summed E-state index contributed by atoms with van der Waals surface area (Å²) in [6.45, 7) is 0.0523. The lowest BCUT2D eigenvalue weighted by Crippen LogP contribution is -3.13. The molecular formula is C11H16NO6+. The molecule has 0 aromatic carbocycles. The van der Waals surface area contributed by atoms with Gasteiger partial charge in [0.25, 0.3) is 0 Å². The zero-order chi connectivity index (χ0) is 13.3. The van der Waals surface area contributed by atoms with E-state index in [-0.39, 0.29) is 5.57 Å². The lowest BCUT2D eigenvalue weighted by Gasteiger charge is -2.24. The predicted molar refractivity (Wildman–Crippen MR) is 58.4 cm³/mol. The van der Waals surface area contributed by atoms with Crippen molar-refractivity contribution in [2.45, 2.75) is 24.5 Å². The number of quaternary nitrogens is 1. The number of aliphatic carboxylic acids is 1. The number of aliphatic hydroxyl groups is 3. The summed E-state index contributed by atoms with van der Waals surface area (Å²) in [5.41, 5.74) is 0.106. The van der Waals surface area contributed by atoms with Crippen molar-refractivity contribution in [3.63, 3.8) is 0 Å². The highest BCUT2D eigenvalue weighted by Gasteiger charge is 2.47. The molecule has 0 aromatic heterocycles. The van der Waals surface area contributed by atoms with Crippen molar-refractivity contribution < 1.29 is 34.9 Å². The van der Waals surface area contributed by atoms with Crippen LogP contribution in [0.4, 0.5) is 0 Å². The molecule has 100 valence electrons. The summed E-state index contributed by atoms with van der Waals surface area (Å²) in [4.78, 5) is 11.4. The minimum absolute atomic E-state index is 0.106. The Labute approximate surface area is 103 Å². The van der Waals surface area contributed by atoms with Gasteiger partial charge in [0, 0.05) is 0 Å². The number of hydrogen-bond acceptors (Lipinski definition) is 5. The molecule has 0 amide bonds. The van der Waals surface area contributed by atoms with Gasteiger partial charge in [0.2, 0.25) is 6.23 Å². The molecule has 1 fully saturated rings. The molecule has 0 saturated carbocycles. The second kappa shape index (κ2) is 5.17. The third kappa shape index (κ3) is 2.31. The highest BCUT2D eigenvalue weighted by Crippen LogP contribution is 2.18. The topological polar surface area (TPSA) is 112 Å². The Hall–Kier alpha value is -1.25. The fourth-order valence-electron chi connectivity index (χ4n) is 2.17. The van der Waals surface area contributed by atoms with Crippen LogP contribution in [0.25, 0.3) is 0 Å². The Kier molecular flexibility index (Phi) is 3.79. The molecule has 7 heteroatoms. The second-order valence-corrected chi connectivity index (χ2v) is 4.35. The molecule has 0 bridgehead atoms. The van der Waals surface area contributed by atoms with Crippen molar-refractivity contribution in [2.75, 3.05) is 13.2 Å². The molecule has 0 aromatic rings. The van der Waals surface area contributed by atoms with E-state index in [9.17, 15) is 15.0 Å². The van der Waals surface area contributed by atoms with Crippen LogP contribution in [0, 0.1) is 0 Å². The number of aliphatic hydroxyl groups excluding tert-OH is 3. The van der Waals surface area contributed by atoms with Gasteiger partial charge in [-0.3, -0.25) is 4.90 Å². The van der Waals surface area contributed by atoms with E-state index in [1.807, 2.05) is 0 Å². The molecule has 5 N–H and O–H groups in total. The Morgan fingerprint density at radius 2 is 2.17 bits per heavy atom. The third-order valence-corrected chi connectivity index (χ3v) is 3.15. The van der Waals surface area contributed by atoms with Crippen molar-refractivity contribution >= 4 is 5.97 Å². The van der Waals surface area contributed by atoms with Crippen LogP contribution in [-0.4, -0.2) is 64.1 Å². The lowest BCUT2D eigenvalue weighted by atomic mass is 10.1. The van der Waals surface area contributed by atoms with Crippen molar-refractivity contribution in [1.29, 1.82) is 0 Å². The quantitative estimate of drug-likeness (QED) is 0.365. The summed E-state index contributed by atoms with van der Waals surface area (Å²) in [6, 6.07) is 0. The summed E-state index contributed by atoms with van der Waals surface area (Å²) in [7, 11) is 0. The molecule has 0 radical (unpaired) electrons. The van der Waals surface area contributed by atoms with Gasteiger partial charge in [0.1, 0.15) is 30.5 Å². The largest absolute Gasteiger partial charge is 0.477 e. The zero-order valence-electron chi connectivity index (χ0n) is 9.56. The zero-order valence-corrected chi connectivity index (χ0v) is 9.56. The summed E-state index contributed by atoms with van der Waals surface area (Å²) in [5, 5.41) is 37.3. The number of ether oxygens (including phenoxy) is 1. The van der Waals surface area contributed by atoms with E-state index >= 15 is 0 Å². The minimum atomic E-state index is -1.17. The second-order valence-electron chi connectivity index (χ2n) is 4.35. The van der Waals surface area contributed by atoms with E-state index in [0.29, 0.717) is 11.4 Å². The molecule has 5 atom stereocenters. The van der Waals surface area contributed by atoms with Crippen LogP contribution in [0.15, 0.2) is 23.9 Å². The average Bonchev–Trinajstić information content (AvgIpc) is 2.66. The molecule has 0 aliphatic carbocycles. The van der Waals surface area contributed by atoms with E-state index in [2.05, 4.69) is 0 Å². The average molecular weight is 258 g/mol. The van der Waals surface area contributed by atoms with Gasteiger partial charge in [-0.15, -0.1) is 0 Å². The number of carboxylic acid groups (broad SMARTS) is 1. The normalized spacial score (nSPS) is 39.7. The van der Waals surface area contributed by atoms with Gasteiger partial charge < -0.3 is 25.2 Å². The molecule has 18 heavy (non-hydrogen) atoms. The molecule has 1 saturated heterocycles. The van der Waals surface area contributed by atoms with Gasteiger partial charge in [-0.2, -0.15) is 0 Å². The van der Waals surface area contributed by atoms with Crippen molar-refractivity contribution in [2.24, 2.45) is 0 Å². The van der Waals surface area contributed by atoms with Crippen molar-refractivity contribution in [3.8, 4) is 0 Å². The fraction of sp³-hybridized carbons (Fsp3) is 0.545. The summed E-state index contributed by atoms with van der Waals surface area (Å²) in [6.07, 6.45) is 0.625. The van der Waals surface area contributed by atoms with Gasteiger partial charge in [-0.05, 0) is 12.2 Å². The maximum atomic E-state index is 10.9. The number of rotatable bonds is 3. The summed E-state index contributed by atoms with van der Waals surface area (Å²) >= 11 is 0. The standard InChI is InChI=1S/C11H15NO6/c13-5-7-8(14)9(15)10(18-7)12-3-1-2-6(4-12)11(16)17/h1-2,4,7-10,13-15H,3,5H2,(H,16,17)/p+1/t7-,8-,9-,10-/m1/s1. The van der Waals surface area contributed by atoms with Gasteiger partial charge in [-0.1, -0.05) is 0 Å². The van der Waals surface area contributed by atoms with E-state index < -0.39 is 37.1 Å². The Bertz CT molecular complexity index is 393. The molecule has 0 spiro atoms. The van der Waals surface area contributed by atoms with E-state index in [1.165, 1.54) is 12.3 Å². The van der Waals surface area contributed by atoms with Gasteiger partial charge >= 0.3 is 5.97 Å². The summed E-state index contributed by atoms with van der Waals surface area (Å²) in [5.74, 6) is -1.06. The first-order chi connectivity index (χ1) is 8.54. The molecule has 2 rings (SSSR count). The number of nitrogens with one attached hydrogen (secondary N) is 1. The van der Waals surface area contributed by atoms with Crippen LogP contribution < -0.4 is 4.90 Å². The predicted octanol–water partition coefficient (Wildman–Crippen LogP) is -3.15. The Balaban J connectivity index is 2.13. The highest BCUT2D eigenvalue weighted by atomic mass is 16.6. The number of hydrogen-bond donors (Lipinski definition) is 5. The highest BCUT2D eigenvalue weighted by molar-refractivity contribution is 5.89. The summed E-state index contributed by atoms with van der Waals surface area (Å²) < 4.78 is 5.34. The van der Waals surface area contributed by atoms with Crippen LogP contribution in [0.5, 0.6) is 0 Å². The van der Waals surface area contributed by atoms with Crippen LogP contribution in [-0.2, 0) is 9.53 Å². The van der Waals surface area contributed by atoms with Crippen LogP contribution in [0.2, 0.25) is 0 Å². The molecule has 7 nitrogen and oxygen atoms in total. The molecule has 2 aliphatic heterocycles. The number of carbonyl (C=O) groups is 1. The van der Waals surface area contributed by atoms with Gasteiger partial charge in [-0.25, -0.2) is 4.79 Å². The van der Waals surface area contributed by atoms with Crippen molar-refractivity contribution in [3.05, 3.63) is 23.9 Å². The Morgan fingerprint density at radius 3 is 2.72 bits per heavy atom. The first-order valence-corrected chi connectivity index (χ1v) is 5.64. The minimum Gasteiger partial charge on any atom is -0.477 e. The van der Waals surface area contributed by atoms with E-state index in [4.69, 9.17) is 14.9 Å². The van der Waals surface area contributed by atoms with Crippen LogP contribution in [0.3, 0.4) is 0 Å². The lowest BCUT2D eigenvalue weighted by molar-refractivity contribution is -0.897. The monoisotopic (exact) mass is 258 g/mol. The van der Waals surface area contributed by atoms with E-state index in [0.717, 1.165) is 0 Å². The molecular weight excluding hydrogens is 242 g/mol. The Morgan fingerprint density at radius 1 is 1.44 bits per heavy atom. The first-order valence-electron chi connectivity index (χ1n) is 5.64. The molecule has 1 unspecified atom stereocenters. The third-order valence-electron chi connectivity index (χ3n) is 3.15. The van der Waals surface area contributed by atoms with Crippen LogP contribution in [0.1, 0.15) is 0 Å². The molecule has 2 aliphatic rings. The number of carboxylic acids is 1. The maximum Gasteiger partial charge on any atom is 0.341 e. The fourth-order valence-corrected chi connectivity index (χ4v) is 2.17. The smallest absolute Gasteiger partial charge is 0.341 e. The van der Waals surface area contributed by atoms with E-state index in [1.54, 1.807) is 6.08 Å². The molecule has 2 heterocycles. The first kappa shape index (κ1) is 13.2. The SMILES string of the molecule is O=C(O)C1=C[NH+]([C@@H]2O[C@H](CO)[C@@H](O)[C@H]2O)CC=C1. The van der Waals surface area contributed by atoms with Crippen LogP contribution >= 0.6 is 0 Å².